The van der Waals surface area contributed by atoms with Gasteiger partial charge in [-0.1, -0.05) is 122 Å². The average molecular weight is 684 g/mol. The van der Waals surface area contributed by atoms with E-state index >= 15 is 0 Å². The minimum atomic E-state index is -2.05. The van der Waals surface area contributed by atoms with Crippen LogP contribution in [0, 0.1) is 11.8 Å². The van der Waals surface area contributed by atoms with Gasteiger partial charge in [-0.05, 0) is 77.1 Å². The molecule has 0 aliphatic carbocycles. The van der Waals surface area contributed by atoms with Gasteiger partial charge in [0.1, 0.15) is 28.9 Å². The van der Waals surface area contributed by atoms with Crippen molar-refractivity contribution < 1.29 is 13.9 Å². The monoisotopic (exact) mass is 683 g/mol. The van der Waals surface area contributed by atoms with Crippen LogP contribution in [0.4, 0.5) is 0 Å². The van der Waals surface area contributed by atoms with E-state index in [2.05, 4.69) is 159 Å². The third-order valence-electron chi connectivity index (χ3n) is 10.6. The molecule has 258 valence electrons. The summed E-state index contributed by atoms with van der Waals surface area (Å²) in [6, 6.07) is 42.0. The van der Waals surface area contributed by atoms with Crippen LogP contribution in [0.3, 0.4) is 0 Å². The van der Waals surface area contributed by atoms with Gasteiger partial charge in [0, 0.05) is 18.4 Å². The number of hydrogen-bond acceptors (Lipinski definition) is 3. The van der Waals surface area contributed by atoms with Gasteiger partial charge in [-0.25, -0.2) is 0 Å². The SMILES string of the molecule is CC[C@H](CO[Si](C(C)C)(C(C)C)C(C)C)[C@@H](OCc1ccc(OC)cc1)[C@H](C)C[P+](c1ccccc1)(c1ccccc1)c1ccccc1. The van der Waals surface area contributed by atoms with Gasteiger partial charge in [-0.15, -0.1) is 0 Å². The summed E-state index contributed by atoms with van der Waals surface area (Å²) in [6.07, 6.45) is 2.03. The lowest BCUT2D eigenvalue weighted by Gasteiger charge is -2.44. The highest BCUT2D eigenvalue weighted by Gasteiger charge is 2.49. The first-order valence-electron chi connectivity index (χ1n) is 18.0. The lowest BCUT2D eigenvalue weighted by atomic mass is 9.91. The molecular formula is C43H60O3PSi+. The van der Waals surface area contributed by atoms with E-state index in [1.54, 1.807) is 7.11 Å². The van der Waals surface area contributed by atoms with Crippen LogP contribution in [0.5, 0.6) is 5.75 Å². The Hall–Kier alpha value is -2.75. The van der Waals surface area contributed by atoms with E-state index in [1.165, 1.54) is 15.9 Å². The number of benzene rings is 4. The van der Waals surface area contributed by atoms with E-state index in [1.807, 2.05) is 12.1 Å². The van der Waals surface area contributed by atoms with E-state index in [-0.39, 0.29) is 17.9 Å². The van der Waals surface area contributed by atoms with Crippen molar-refractivity contribution in [2.75, 3.05) is 19.9 Å². The molecule has 4 aromatic carbocycles. The van der Waals surface area contributed by atoms with E-state index < -0.39 is 15.6 Å². The van der Waals surface area contributed by atoms with Gasteiger partial charge in [0.15, 0.2) is 8.32 Å². The van der Waals surface area contributed by atoms with E-state index in [0.717, 1.165) is 30.5 Å². The summed E-state index contributed by atoms with van der Waals surface area (Å²) in [6.45, 7) is 20.3. The fourth-order valence-electron chi connectivity index (χ4n) is 8.22. The molecule has 4 rings (SSSR count). The van der Waals surface area contributed by atoms with Crippen LogP contribution >= 0.6 is 7.26 Å². The highest BCUT2D eigenvalue weighted by molar-refractivity contribution is 7.95. The van der Waals surface area contributed by atoms with Crippen molar-refractivity contribution >= 4 is 31.5 Å². The summed E-state index contributed by atoms with van der Waals surface area (Å²) in [4.78, 5) is 0. The molecule has 0 unspecified atom stereocenters. The van der Waals surface area contributed by atoms with Gasteiger partial charge < -0.3 is 13.9 Å². The number of hydrogen-bond donors (Lipinski definition) is 0. The standard InChI is InChI=1S/C43H60O3PSi/c1-10-38(31-46-48(33(2)3,34(4)5)35(6)7)43(45-30-37-26-28-39(44-9)29-27-37)36(8)32-47(40-20-14-11-15-21-40,41-22-16-12-17-23-41)42-24-18-13-19-25-42/h11-29,33-36,38,43H,10,30-32H2,1-9H3/q+1/t36-,38-,43+/m1/s1. The third kappa shape index (κ3) is 8.51. The van der Waals surface area contributed by atoms with Crippen LogP contribution in [0.1, 0.15) is 67.4 Å². The largest absolute Gasteiger partial charge is 0.497 e. The second-order valence-corrected chi connectivity index (χ2v) is 23.4. The Balaban J connectivity index is 1.79. The van der Waals surface area contributed by atoms with Crippen LogP contribution in [-0.2, 0) is 15.8 Å². The predicted octanol–water partition coefficient (Wildman–Crippen LogP) is 10.4. The molecule has 0 amide bonds. The molecule has 0 aromatic heterocycles. The Kier molecular flexibility index (Phi) is 14.1. The summed E-state index contributed by atoms with van der Waals surface area (Å²) in [5, 5.41) is 4.25. The van der Waals surface area contributed by atoms with Crippen molar-refractivity contribution in [3.05, 3.63) is 121 Å². The number of methoxy groups -OCH3 is 1. The average Bonchev–Trinajstić information content (AvgIpc) is 3.10. The zero-order valence-electron chi connectivity index (χ0n) is 30.9. The van der Waals surface area contributed by atoms with Gasteiger partial charge in [-0.3, -0.25) is 0 Å². The van der Waals surface area contributed by atoms with Crippen molar-refractivity contribution in [2.45, 2.75) is 91.1 Å². The highest BCUT2D eigenvalue weighted by atomic mass is 31.2. The fourth-order valence-corrected chi connectivity index (χ4v) is 18.4. The number of rotatable bonds is 18. The zero-order chi connectivity index (χ0) is 34.7. The fraction of sp³-hybridized carbons (Fsp3) is 0.442. The lowest BCUT2D eigenvalue weighted by molar-refractivity contribution is -0.0419. The van der Waals surface area contributed by atoms with Crippen molar-refractivity contribution in [1.29, 1.82) is 0 Å². The van der Waals surface area contributed by atoms with Crippen molar-refractivity contribution in [3.8, 4) is 5.75 Å². The second-order valence-electron chi connectivity index (χ2n) is 14.4. The van der Waals surface area contributed by atoms with Crippen LogP contribution in [0.25, 0.3) is 0 Å². The Labute approximate surface area is 293 Å². The van der Waals surface area contributed by atoms with Gasteiger partial charge in [0.2, 0.25) is 0 Å². The smallest absolute Gasteiger partial charge is 0.200 e. The number of ether oxygens (including phenoxy) is 2. The first-order valence-corrected chi connectivity index (χ1v) is 22.1. The molecule has 0 N–H and O–H groups in total. The maximum atomic E-state index is 7.32. The molecule has 0 spiro atoms. The molecule has 3 atom stereocenters. The van der Waals surface area contributed by atoms with Gasteiger partial charge in [0.05, 0.1) is 26.0 Å². The van der Waals surface area contributed by atoms with Crippen molar-refractivity contribution in [1.82, 2.24) is 0 Å². The normalized spacial score (nSPS) is 14.3. The van der Waals surface area contributed by atoms with Crippen molar-refractivity contribution in [2.24, 2.45) is 11.8 Å². The molecular weight excluding hydrogens is 624 g/mol. The van der Waals surface area contributed by atoms with E-state index in [0.29, 0.717) is 23.2 Å². The van der Waals surface area contributed by atoms with Gasteiger partial charge in [-0.2, -0.15) is 0 Å². The van der Waals surface area contributed by atoms with Crippen LogP contribution < -0.4 is 20.7 Å². The quantitative estimate of drug-likeness (QED) is 0.0772. The molecule has 0 aliphatic rings. The minimum absolute atomic E-state index is 0.0193. The summed E-state index contributed by atoms with van der Waals surface area (Å²) in [5.41, 5.74) is 2.78. The third-order valence-corrected chi connectivity index (χ3v) is 21.3. The molecule has 0 aliphatic heterocycles. The summed E-state index contributed by atoms with van der Waals surface area (Å²) in [7, 11) is -2.39. The molecule has 0 radical (unpaired) electrons. The molecule has 3 nitrogen and oxygen atoms in total. The molecule has 0 heterocycles. The topological polar surface area (TPSA) is 27.7 Å². The van der Waals surface area contributed by atoms with E-state index in [4.69, 9.17) is 13.9 Å². The molecule has 0 fully saturated rings. The van der Waals surface area contributed by atoms with Crippen LogP contribution in [0.2, 0.25) is 16.6 Å². The lowest BCUT2D eigenvalue weighted by Crippen LogP contribution is -2.50. The summed E-state index contributed by atoms with van der Waals surface area (Å²) >= 11 is 0. The molecule has 0 saturated heterocycles. The highest BCUT2D eigenvalue weighted by Crippen LogP contribution is 2.57. The first-order chi connectivity index (χ1) is 23.1. The molecule has 4 aromatic rings. The molecule has 0 bridgehead atoms. The summed E-state index contributed by atoms with van der Waals surface area (Å²) < 4.78 is 19.9. The Morgan fingerprint density at radius 3 is 1.42 bits per heavy atom. The summed E-state index contributed by atoms with van der Waals surface area (Å²) in [5.74, 6) is 1.40. The van der Waals surface area contributed by atoms with E-state index in [9.17, 15) is 0 Å². The van der Waals surface area contributed by atoms with Crippen LogP contribution in [-0.4, -0.2) is 34.3 Å². The Morgan fingerprint density at radius 2 is 1.04 bits per heavy atom. The molecule has 0 saturated carbocycles. The van der Waals surface area contributed by atoms with Crippen molar-refractivity contribution in [3.63, 3.8) is 0 Å². The molecule has 5 heteroatoms. The maximum absolute atomic E-state index is 7.32. The predicted molar refractivity (Wildman–Crippen MR) is 212 cm³/mol. The van der Waals surface area contributed by atoms with Gasteiger partial charge in [0.25, 0.3) is 0 Å². The second kappa shape index (κ2) is 17.8. The first kappa shape index (κ1) is 38.1. The van der Waals surface area contributed by atoms with Crippen LogP contribution in [0.15, 0.2) is 115 Å². The maximum Gasteiger partial charge on any atom is 0.200 e. The Bertz CT molecular complexity index is 1360. The molecule has 48 heavy (non-hydrogen) atoms. The zero-order valence-corrected chi connectivity index (χ0v) is 32.8. The minimum Gasteiger partial charge on any atom is -0.497 e. The Morgan fingerprint density at radius 1 is 0.604 bits per heavy atom. The van der Waals surface area contributed by atoms with Gasteiger partial charge >= 0.3 is 0 Å².